The minimum absolute atomic E-state index is 0.130. The summed E-state index contributed by atoms with van der Waals surface area (Å²) in [6.07, 6.45) is -0.486. The van der Waals surface area contributed by atoms with Gasteiger partial charge in [0.05, 0.1) is 12.5 Å². The second-order valence-corrected chi connectivity index (χ2v) is 11.1. The van der Waals surface area contributed by atoms with E-state index >= 15 is 0 Å². The van der Waals surface area contributed by atoms with Gasteiger partial charge >= 0.3 is 18.1 Å². The summed E-state index contributed by atoms with van der Waals surface area (Å²) in [7, 11) is 0. The average molecular weight is 702 g/mol. The summed E-state index contributed by atoms with van der Waals surface area (Å²) >= 11 is 0. The number of hydrogen-bond donors (Lipinski definition) is 6. The van der Waals surface area contributed by atoms with E-state index in [0.29, 0.717) is 44.3 Å². The average Bonchev–Trinajstić information content (AvgIpc) is 3.07. The molecular weight excluding hydrogens is 659 g/mol. The highest BCUT2D eigenvalue weighted by molar-refractivity contribution is 5.88. The predicted molar refractivity (Wildman–Crippen MR) is 180 cm³/mol. The Labute approximate surface area is 287 Å². The van der Waals surface area contributed by atoms with Crippen LogP contribution in [0.3, 0.4) is 0 Å². The summed E-state index contributed by atoms with van der Waals surface area (Å²) in [5.41, 5.74) is 2.67. The van der Waals surface area contributed by atoms with Gasteiger partial charge in [-0.1, -0.05) is 60.7 Å². The molecule has 2 atom stereocenters. The van der Waals surface area contributed by atoms with Gasteiger partial charge < -0.3 is 31.5 Å². The van der Waals surface area contributed by atoms with Gasteiger partial charge in [0.1, 0.15) is 11.9 Å². The third-order valence-corrected chi connectivity index (χ3v) is 7.10. The van der Waals surface area contributed by atoms with Crippen LogP contribution in [0.4, 0.5) is 19.0 Å². The third kappa shape index (κ3) is 16.6. The molecular formula is C35H42F3N5O7. The first-order valence-corrected chi connectivity index (χ1v) is 15.9. The van der Waals surface area contributed by atoms with Crippen molar-refractivity contribution in [1.82, 2.24) is 20.9 Å². The van der Waals surface area contributed by atoms with Gasteiger partial charge in [0.2, 0.25) is 17.7 Å². The fourth-order valence-corrected chi connectivity index (χ4v) is 4.61. The van der Waals surface area contributed by atoms with Crippen LogP contribution >= 0.6 is 0 Å². The first-order valence-electron chi connectivity index (χ1n) is 15.9. The van der Waals surface area contributed by atoms with E-state index in [1.807, 2.05) is 72.8 Å². The summed E-state index contributed by atoms with van der Waals surface area (Å²) < 4.78 is 31.7. The second kappa shape index (κ2) is 21.5. The van der Waals surface area contributed by atoms with E-state index in [-0.39, 0.29) is 24.7 Å². The van der Waals surface area contributed by atoms with E-state index in [0.717, 1.165) is 23.4 Å². The molecule has 0 aliphatic carbocycles. The van der Waals surface area contributed by atoms with E-state index in [4.69, 9.17) is 9.90 Å². The first kappa shape index (κ1) is 40.7. The van der Waals surface area contributed by atoms with Crippen LogP contribution in [0.15, 0.2) is 79.0 Å². The fraction of sp³-hybridized carbons (Fsp3) is 0.371. The molecule has 50 heavy (non-hydrogen) atoms. The molecule has 0 spiro atoms. The van der Waals surface area contributed by atoms with Crippen LogP contribution in [0.1, 0.15) is 63.5 Å². The molecule has 15 heteroatoms. The van der Waals surface area contributed by atoms with Crippen molar-refractivity contribution in [2.75, 3.05) is 18.4 Å². The third-order valence-electron chi connectivity index (χ3n) is 7.10. The highest BCUT2D eigenvalue weighted by atomic mass is 19.4. The van der Waals surface area contributed by atoms with Crippen molar-refractivity contribution in [2.24, 2.45) is 0 Å². The number of carbonyl (C=O) groups excluding carboxylic acids is 3. The molecule has 3 amide bonds. The number of pyridine rings is 1. The number of hydrogen-bond acceptors (Lipinski definition) is 7. The number of carboxylic acids is 2. The molecule has 0 saturated heterocycles. The summed E-state index contributed by atoms with van der Waals surface area (Å²) in [5.74, 6) is -3.85. The molecule has 0 saturated carbocycles. The maximum absolute atomic E-state index is 13.4. The zero-order chi connectivity index (χ0) is 36.9. The number of nitrogens with one attached hydrogen (secondary N) is 4. The Morgan fingerprint density at radius 1 is 0.780 bits per heavy atom. The molecule has 6 N–H and O–H groups in total. The van der Waals surface area contributed by atoms with Gasteiger partial charge in [0, 0.05) is 32.6 Å². The van der Waals surface area contributed by atoms with Crippen LogP contribution in [0.25, 0.3) is 11.1 Å². The van der Waals surface area contributed by atoms with Crippen molar-refractivity contribution < 1.29 is 47.4 Å². The second-order valence-electron chi connectivity index (χ2n) is 11.1. The quantitative estimate of drug-likeness (QED) is 0.0983. The Balaban J connectivity index is 0.00000112. The standard InChI is InChI=1S/C33H41N5O5.C2HF3O2/c1-24(39)34-20-8-5-13-28(37-31(40)15-7-10-22-36-30-14-6-9-21-35-30)33(43)38-29(23-32(41)42)27-18-16-26(17-19-27)25-11-3-2-4-12-25;3-2(4,5)1(6)7/h2-4,6,9,11-12,14,16-19,21,28-29H,5,7-8,10,13,15,20,22-23H2,1H3,(H,34,39)(H,35,36)(H,37,40)(H,38,43)(H,41,42);(H,6,7)/t28-,29?;/m0./s1. The van der Waals surface area contributed by atoms with E-state index in [1.165, 1.54) is 6.92 Å². The molecule has 12 nitrogen and oxygen atoms in total. The summed E-state index contributed by atoms with van der Waals surface area (Å²) in [4.78, 5) is 62.2. The van der Waals surface area contributed by atoms with Gasteiger partial charge in [-0.15, -0.1) is 0 Å². The van der Waals surface area contributed by atoms with Crippen LogP contribution in [0.2, 0.25) is 0 Å². The lowest BCUT2D eigenvalue weighted by atomic mass is 9.98. The minimum atomic E-state index is -5.08. The number of alkyl halides is 3. The van der Waals surface area contributed by atoms with Crippen molar-refractivity contribution in [3.05, 3.63) is 84.6 Å². The summed E-state index contributed by atoms with van der Waals surface area (Å²) in [6.45, 7) is 2.57. The van der Waals surface area contributed by atoms with Crippen LogP contribution in [-0.4, -0.2) is 70.2 Å². The number of benzene rings is 2. The summed E-state index contributed by atoms with van der Waals surface area (Å²) in [5, 5.41) is 28.3. The molecule has 270 valence electrons. The van der Waals surface area contributed by atoms with E-state index in [1.54, 1.807) is 6.20 Å². The van der Waals surface area contributed by atoms with Crippen molar-refractivity contribution in [1.29, 1.82) is 0 Å². The van der Waals surface area contributed by atoms with Crippen LogP contribution in [-0.2, 0) is 24.0 Å². The maximum atomic E-state index is 13.4. The van der Waals surface area contributed by atoms with Gasteiger partial charge in [-0.25, -0.2) is 9.78 Å². The van der Waals surface area contributed by atoms with Crippen molar-refractivity contribution in [3.8, 4) is 11.1 Å². The van der Waals surface area contributed by atoms with Gasteiger partial charge in [-0.3, -0.25) is 19.2 Å². The number of rotatable bonds is 18. The molecule has 1 unspecified atom stereocenters. The number of halogens is 3. The smallest absolute Gasteiger partial charge is 0.481 e. The van der Waals surface area contributed by atoms with Crippen molar-refractivity contribution in [2.45, 2.75) is 70.1 Å². The lowest BCUT2D eigenvalue weighted by molar-refractivity contribution is -0.192. The molecule has 0 bridgehead atoms. The molecule has 0 fully saturated rings. The molecule has 0 radical (unpaired) electrons. The molecule has 3 rings (SSSR count). The zero-order valence-corrected chi connectivity index (χ0v) is 27.5. The molecule has 0 aliphatic rings. The van der Waals surface area contributed by atoms with Gasteiger partial charge in [0.25, 0.3) is 0 Å². The Bertz CT molecular complexity index is 1510. The monoisotopic (exact) mass is 701 g/mol. The Morgan fingerprint density at radius 2 is 1.40 bits per heavy atom. The van der Waals surface area contributed by atoms with E-state index in [2.05, 4.69) is 26.3 Å². The number of nitrogens with zero attached hydrogens (tertiary/aromatic N) is 1. The number of amides is 3. The maximum Gasteiger partial charge on any atom is 0.490 e. The van der Waals surface area contributed by atoms with Crippen molar-refractivity contribution in [3.63, 3.8) is 0 Å². The zero-order valence-electron chi connectivity index (χ0n) is 27.5. The lowest BCUT2D eigenvalue weighted by Crippen LogP contribution is -2.48. The number of anilines is 1. The highest BCUT2D eigenvalue weighted by Gasteiger charge is 2.38. The lowest BCUT2D eigenvalue weighted by Gasteiger charge is -2.23. The Morgan fingerprint density at radius 3 is 1.98 bits per heavy atom. The minimum Gasteiger partial charge on any atom is -0.481 e. The first-order chi connectivity index (χ1) is 23.8. The number of unbranched alkanes of at least 4 members (excludes halogenated alkanes) is 2. The molecule has 3 aromatic rings. The SMILES string of the molecule is CC(=O)NCCCC[C@H](NC(=O)CCCCNc1ccccn1)C(=O)NC(CC(=O)O)c1ccc(-c2ccccc2)cc1.O=C(O)C(F)(F)F. The van der Waals surface area contributed by atoms with Crippen LogP contribution in [0.5, 0.6) is 0 Å². The van der Waals surface area contributed by atoms with Gasteiger partial charge in [-0.05, 0) is 60.9 Å². The topological polar surface area (TPSA) is 187 Å². The number of carboxylic acid groups (broad SMARTS) is 2. The van der Waals surface area contributed by atoms with Crippen LogP contribution in [0, 0.1) is 0 Å². The van der Waals surface area contributed by atoms with Gasteiger partial charge in [0.15, 0.2) is 0 Å². The molecule has 2 aromatic carbocycles. The predicted octanol–water partition coefficient (Wildman–Crippen LogP) is 5.09. The Kier molecular flexibility index (Phi) is 17.5. The number of carbonyl (C=O) groups is 5. The van der Waals surface area contributed by atoms with E-state index < -0.39 is 36.1 Å². The van der Waals surface area contributed by atoms with Crippen LogP contribution < -0.4 is 21.3 Å². The summed E-state index contributed by atoms with van der Waals surface area (Å²) in [6, 6.07) is 21.2. The fourth-order valence-electron chi connectivity index (χ4n) is 4.61. The molecule has 1 heterocycles. The molecule has 1 aromatic heterocycles. The Hall–Kier alpha value is -5.47. The van der Waals surface area contributed by atoms with Gasteiger partial charge in [-0.2, -0.15) is 13.2 Å². The number of aliphatic carboxylic acids is 2. The van der Waals surface area contributed by atoms with Crippen molar-refractivity contribution >= 4 is 35.5 Å². The van der Waals surface area contributed by atoms with E-state index in [9.17, 15) is 37.5 Å². The highest BCUT2D eigenvalue weighted by Crippen LogP contribution is 2.24. The molecule has 0 aliphatic heterocycles. The number of aromatic nitrogens is 1. The normalized spacial score (nSPS) is 11.9. The largest absolute Gasteiger partial charge is 0.490 e.